The second-order valence-electron chi connectivity index (χ2n) is 5.00. The largest absolute Gasteiger partial charge is 0.366 e. The third-order valence-corrected chi connectivity index (χ3v) is 5.47. The molecule has 0 aliphatic carbocycles. The molecule has 8 heteroatoms. The average molecular weight is 334 g/mol. The van der Waals surface area contributed by atoms with Crippen molar-refractivity contribution in [3.05, 3.63) is 29.8 Å². The van der Waals surface area contributed by atoms with Gasteiger partial charge in [-0.05, 0) is 49.6 Å². The van der Waals surface area contributed by atoms with Gasteiger partial charge in [0.1, 0.15) is 0 Å². The van der Waals surface area contributed by atoms with Crippen molar-refractivity contribution in [3.63, 3.8) is 0 Å². The van der Waals surface area contributed by atoms with Gasteiger partial charge in [0.05, 0.1) is 4.90 Å². The Balaban J connectivity index is 0.00000220. The van der Waals surface area contributed by atoms with E-state index in [0.29, 0.717) is 25.2 Å². The molecule has 1 aromatic carbocycles. The van der Waals surface area contributed by atoms with Crippen molar-refractivity contribution in [2.45, 2.75) is 17.7 Å². The summed E-state index contributed by atoms with van der Waals surface area (Å²) in [6.07, 6.45) is 1.78. The summed E-state index contributed by atoms with van der Waals surface area (Å²) in [5.41, 5.74) is 11.1. The van der Waals surface area contributed by atoms with Crippen molar-refractivity contribution in [1.82, 2.24) is 4.31 Å². The Hall–Kier alpha value is -1.15. The highest BCUT2D eigenvalue weighted by molar-refractivity contribution is 7.89. The van der Waals surface area contributed by atoms with Gasteiger partial charge in [-0.1, -0.05) is 0 Å². The van der Waals surface area contributed by atoms with E-state index in [1.165, 1.54) is 28.6 Å². The lowest BCUT2D eigenvalue weighted by Gasteiger charge is -2.31. The lowest BCUT2D eigenvalue weighted by atomic mass is 10.0. The predicted molar refractivity (Wildman–Crippen MR) is 82.7 cm³/mol. The van der Waals surface area contributed by atoms with Gasteiger partial charge in [-0.25, -0.2) is 8.42 Å². The maximum atomic E-state index is 12.5. The highest BCUT2D eigenvalue weighted by Crippen LogP contribution is 2.23. The lowest BCUT2D eigenvalue weighted by Crippen LogP contribution is -2.41. The molecule has 1 atom stereocenters. The van der Waals surface area contributed by atoms with Crippen LogP contribution in [0.5, 0.6) is 0 Å². The summed E-state index contributed by atoms with van der Waals surface area (Å²) in [4.78, 5) is 11.2. The average Bonchev–Trinajstić information content (AvgIpc) is 2.47. The number of primary amides is 1. The smallest absolute Gasteiger partial charge is 0.248 e. The van der Waals surface area contributed by atoms with Gasteiger partial charge in [0.25, 0.3) is 0 Å². The van der Waals surface area contributed by atoms with Gasteiger partial charge in [0.2, 0.25) is 15.9 Å². The molecular weight excluding hydrogens is 314 g/mol. The number of rotatable bonds is 4. The van der Waals surface area contributed by atoms with Crippen molar-refractivity contribution in [1.29, 1.82) is 0 Å². The summed E-state index contributed by atoms with van der Waals surface area (Å²) in [6, 6.07) is 5.70. The standard InChI is InChI=1S/C13H19N3O3S.ClH/c14-8-10-2-1-7-16(9-10)20(18,19)12-5-3-11(4-6-12)13(15)17;/h3-6,10H,1-2,7-9,14H2,(H2,15,17);1H. The first kappa shape index (κ1) is 17.9. The van der Waals surface area contributed by atoms with Crippen LogP contribution in [0, 0.1) is 5.92 Å². The molecular formula is C13H20ClN3O3S. The van der Waals surface area contributed by atoms with Crippen LogP contribution in [0.25, 0.3) is 0 Å². The minimum Gasteiger partial charge on any atom is -0.366 e. The molecule has 21 heavy (non-hydrogen) atoms. The van der Waals surface area contributed by atoms with Gasteiger partial charge in [-0.2, -0.15) is 4.31 Å². The van der Waals surface area contributed by atoms with Gasteiger partial charge >= 0.3 is 0 Å². The Bertz CT molecular complexity index is 589. The first-order valence-electron chi connectivity index (χ1n) is 6.55. The summed E-state index contributed by atoms with van der Waals surface area (Å²) in [7, 11) is -3.52. The van der Waals surface area contributed by atoms with Crippen LogP contribution in [0.4, 0.5) is 0 Å². The van der Waals surface area contributed by atoms with E-state index in [9.17, 15) is 13.2 Å². The molecule has 1 aliphatic rings. The van der Waals surface area contributed by atoms with E-state index in [1.807, 2.05) is 0 Å². The van der Waals surface area contributed by atoms with E-state index in [-0.39, 0.29) is 23.2 Å². The van der Waals surface area contributed by atoms with Crippen LogP contribution in [0.1, 0.15) is 23.2 Å². The number of amides is 1. The van der Waals surface area contributed by atoms with E-state index < -0.39 is 15.9 Å². The second-order valence-corrected chi connectivity index (χ2v) is 6.93. The maximum Gasteiger partial charge on any atom is 0.248 e. The Kier molecular flexibility index (Phi) is 6.15. The van der Waals surface area contributed by atoms with Crippen LogP contribution in [0.2, 0.25) is 0 Å². The minimum atomic E-state index is -3.52. The zero-order valence-electron chi connectivity index (χ0n) is 11.6. The zero-order valence-corrected chi connectivity index (χ0v) is 13.2. The Morgan fingerprint density at radius 2 is 1.90 bits per heavy atom. The number of piperidine rings is 1. The number of benzene rings is 1. The molecule has 1 amide bonds. The first-order valence-corrected chi connectivity index (χ1v) is 7.99. The molecule has 0 spiro atoms. The number of hydrogen-bond donors (Lipinski definition) is 2. The zero-order chi connectivity index (χ0) is 14.8. The van der Waals surface area contributed by atoms with Crippen molar-refractivity contribution >= 4 is 28.3 Å². The van der Waals surface area contributed by atoms with E-state index >= 15 is 0 Å². The number of halogens is 1. The number of carbonyl (C=O) groups excluding carboxylic acids is 1. The van der Waals surface area contributed by atoms with Crippen LogP contribution in [0.3, 0.4) is 0 Å². The van der Waals surface area contributed by atoms with Gasteiger partial charge in [-0.3, -0.25) is 4.79 Å². The summed E-state index contributed by atoms with van der Waals surface area (Å²) in [6.45, 7) is 1.46. The van der Waals surface area contributed by atoms with E-state index in [2.05, 4.69) is 0 Å². The molecule has 4 N–H and O–H groups in total. The molecule has 0 aromatic heterocycles. The Morgan fingerprint density at radius 1 is 1.29 bits per heavy atom. The third-order valence-electron chi connectivity index (χ3n) is 3.59. The molecule has 6 nitrogen and oxygen atoms in total. The van der Waals surface area contributed by atoms with Crippen LogP contribution < -0.4 is 11.5 Å². The third kappa shape index (κ3) is 3.94. The fourth-order valence-electron chi connectivity index (χ4n) is 2.38. The van der Waals surface area contributed by atoms with E-state index in [0.717, 1.165) is 12.8 Å². The summed E-state index contributed by atoms with van der Waals surface area (Å²) in [5.74, 6) is -0.362. The fourth-order valence-corrected chi connectivity index (χ4v) is 3.93. The normalized spacial score (nSPS) is 19.8. The Morgan fingerprint density at radius 3 is 2.43 bits per heavy atom. The summed E-state index contributed by atoms with van der Waals surface area (Å²) >= 11 is 0. The van der Waals surface area contributed by atoms with Crippen molar-refractivity contribution in [2.24, 2.45) is 17.4 Å². The molecule has 1 aliphatic heterocycles. The molecule has 1 heterocycles. The van der Waals surface area contributed by atoms with E-state index in [4.69, 9.17) is 11.5 Å². The first-order chi connectivity index (χ1) is 9.45. The lowest BCUT2D eigenvalue weighted by molar-refractivity contribution is 0.1000. The molecule has 1 unspecified atom stereocenters. The molecule has 1 fully saturated rings. The highest BCUT2D eigenvalue weighted by atomic mass is 35.5. The molecule has 118 valence electrons. The van der Waals surface area contributed by atoms with Crippen LogP contribution in [0.15, 0.2) is 29.2 Å². The van der Waals surface area contributed by atoms with Crippen LogP contribution in [-0.4, -0.2) is 38.3 Å². The minimum absolute atomic E-state index is 0. The number of carbonyl (C=O) groups is 1. The summed E-state index contributed by atoms with van der Waals surface area (Å²) in [5, 5.41) is 0. The summed E-state index contributed by atoms with van der Waals surface area (Å²) < 4.78 is 26.5. The van der Waals surface area contributed by atoms with Gasteiger partial charge in [0, 0.05) is 18.7 Å². The fraction of sp³-hybridized carbons (Fsp3) is 0.462. The van der Waals surface area contributed by atoms with Crippen molar-refractivity contribution in [3.8, 4) is 0 Å². The quantitative estimate of drug-likeness (QED) is 0.839. The second kappa shape index (κ2) is 7.22. The van der Waals surface area contributed by atoms with Crippen LogP contribution in [-0.2, 0) is 10.0 Å². The molecule has 1 aromatic rings. The van der Waals surface area contributed by atoms with Crippen molar-refractivity contribution < 1.29 is 13.2 Å². The van der Waals surface area contributed by atoms with Crippen molar-refractivity contribution in [2.75, 3.05) is 19.6 Å². The number of nitrogens with zero attached hydrogens (tertiary/aromatic N) is 1. The molecule has 0 bridgehead atoms. The van der Waals surface area contributed by atoms with Gasteiger partial charge in [-0.15, -0.1) is 12.4 Å². The Labute approximate surface area is 130 Å². The highest BCUT2D eigenvalue weighted by Gasteiger charge is 2.29. The molecule has 2 rings (SSSR count). The number of sulfonamides is 1. The monoisotopic (exact) mass is 333 g/mol. The molecule has 0 radical (unpaired) electrons. The van der Waals surface area contributed by atoms with E-state index in [1.54, 1.807) is 0 Å². The van der Waals surface area contributed by atoms with Gasteiger partial charge in [0.15, 0.2) is 0 Å². The predicted octanol–water partition coefficient (Wildman–Crippen LogP) is 0.567. The topological polar surface area (TPSA) is 106 Å². The SMILES string of the molecule is Cl.NCC1CCCN(S(=O)(=O)c2ccc(C(N)=O)cc2)C1. The maximum absolute atomic E-state index is 12.5. The number of hydrogen-bond acceptors (Lipinski definition) is 4. The molecule has 1 saturated heterocycles. The van der Waals surface area contributed by atoms with Crippen LogP contribution >= 0.6 is 12.4 Å². The van der Waals surface area contributed by atoms with Gasteiger partial charge < -0.3 is 11.5 Å². The molecule has 0 saturated carbocycles. The number of nitrogens with two attached hydrogens (primary N) is 2.